The molecule has 122 valence electrons. The van der Waals surface area contributed by atoms with Crippen LogP contribution in [0.3, 0.4) is 0 Å². The number of likely N-dealkylation sites (tertiary alicyclic amines) is 1. The van der Waals surface area contributed by atoms with Crippen LogP contribution in [0, 0.1) is 6.92 Å². The molecule has 1 unspecified atom stereocenters. The van der Waals surface area contributed by atoms with Crippen LogP contribution in [-0.4, -0.2) is 40.6 Å². The van der Waals surface area contributed by atoms with Gasteiger partial charge < -0.3 is 14.2 Å². The molecule has 1 amide bonds. The van der Waals surface area contributed by atoms with E-state index < -0.39 is 6.10 Å². The molecule has 23 heavy (non-hydrogen) atoms. The van der Waals surface area contributed by atoms with E-state index in [4.69, 9.17) is 4.74 Å². The van der Waals surface area contributed by atoms with Gasteiger partial charge in [-0.2, -0.15) is 0 Å². The normalized spacial score (nSPS) is 17.2. The summed E-state index contributed by atoms with van der Waals surface area (Å²) in [4.78, 5) is 18.9. The largest absolute Gasteiger partial charge is 0.367 e. The van der Waals surface area contributed by atoms with Gasteiger partial charge in [0.2, 0.25) is 0 Å². The molecule has 1 aliphatic heterocycles. The van der Waals surface area contributed by atoms with E-state index in [0.717, 1.165) is 31.5 Å². The van der Waals surface area contributed by atoms with Crippen molar-refractivity contribution in [3.63, 3.8) is 0 Å². The third-order valence-electron chi connectivity index (χ3n) is 4.59. The van der Waals surface area contributed by atoms with Crippen molar-refractivity contribution >= 4 is 5.91 Å². The molecule has 3 rings (SSSR count). The van der Waals surface area contributed by atoms with Crippen molar-refractivity contribution < 1.29 is 9.53 Å². The number of rotatable bonds is 4. The monoisotopic (exact) mass is 313 g/mol. The van der Waals surface area contributed by atoms with E-state index in [-0.39, 0.29) is 5.91 Å². The standard InChI is InChI=1S/C18H23N3O2/c1-14-12-19-13-21(14)16-8-10-20(11-9-16)18(22)17(23-2)15-6-4-3-5-7-15/h3-7,12-13,16-17H,8-11H2,1-2H3. The fraction of sp³-hybridized carbons (Fsp3) is 0.444. The number of ether oxygens (including phenoxy) is 1. The molecule has 5 heteroatoms. The molecule has 0 saturated carbocycles. The quantitative estimate of drug-likeness (QED) is 0.872. The molecule has 0 radical (unpaired) electrons. The van der Waals surface area contributed by atoms with Crippen LogP contribution in [0.25, 0.3) is 0 Å². The molecule has 0 aliphatic carbocycles. The third kappa shape index (κ3) is 3.29. The van der Waals surface area contributed by atoms with E-state index >= 15 is 0 Å². The predicted octanol–water partition coefficient (Wildman–Crippen LogP) is 2.74. The Kier molecular flexibility index (Phi) is 4.76. The Morgan fingerprint density at radius 3 is 2.52 bits per heavy atom. The van der Waals surface area contributed by atoms with E-state index in [9.17, 15) is 4.79 Å². The van der Waals surface area contributed by atoms with Crippen LogP contribution in [0.1, 0.15) is 36.2 Å². The minimum atomic E-state index is -0.511. The molecule has 1 atom stereocenters. The summed E-state index contributed by atoms with van der Waals surface area (Å²) in [6, 6.07) is 10.1. The molecule has 1 aromatic carbocycles. The lowest BCUT2D eigenvalue weighted by atomic mass is 10.0. The van der Waals surface area contributed by atoms with E-state index in [1.165, 1.54) is 5.69 Å². The van der Waals surface area contributed by atoms with Crippen molar-refractivity contribution in [3.05, 3.63) is 54.1 Å². The first-order valence-electron chi connectivity index (χ1n) is 8.05. The molecule has 0 spiro atoms. The zero-order valence-corrected chi connectivity index (χ0v) is 13.7. The number of aromatic nitrogens is 2. The minimum absolute atomic E-state index is 0.0551. The van der Waals surface area contributed by atoms with Crippen LogP contribution in [0.5, 0.6) is 0 Å². The van der Waals surface area contributed by atoms with Crippen molar-refractivity contribution in [2.45, 2.75) is 31.9 Å². The summed E-state index contributed by atoms with van der Waals surface area (Å²) in [6.45, 7) is 3.59. The van der Waals surface area contributed by atoms with Gasteiger partial charge in [-0.1, -0.05) is 30.3 Å². The number of carbonyl (C=O) groups excluding carboxylic acids is 1. The van der Waals surface area contributed by atoms with Crippen LogP contribution in [0.4, 0.5) is 0 Å². The summed E-state index contributed by atoms with van der Waals surface area (Å²) >= 11 is 0. The number of imidazole rings is 1. The molecular weight excluding hydrogens is 290 g/mol. The topological polar surface area (TPSA) is 47.4 Å². The Balaban J connectivity index is 1.65. The molecule has 1 aromatic heterocycles. The molecule has 1 fully saturated rings. The van der Waals surface area contributed by atoms with Gasteiger partial charge in [-0.3, -0.25) is 4.79 Å². The maximum absolute atomic E-state index is 12.8. The summed E-state index contributed by atoms with van der Waals surface area (Å²) in [5.41, 5.74) is 2.08. The van der Waals surface area contributed by atoms with Gasteiger partial charge in [-0.25, -0.2) is 4.98 Å². The number of hydrogen-bond acceptors (Lipinski definition) is 3. The lowest BCUT2D eigenvalue weighted by Gasteiger charge is -2.34. The summed E-state index contributed by atoms with van der Waals surface area (Å²) < 4.78 is 7.68. The predicted molar refractivity (Wildman–Crippen MR) is 88.0 cm³/mol. The van der Waals surface area contributed by atoms with Gasteiger partial charge in [0.1, 0.15) is 0 Å². The van der Waals surface area contributed by atoms with Gasteiger partial charge in [-0.05, 0) is 25.3 Å². The molecule has 1 saturated heterocycles. The number of benzene rings is 1. The lowest BCUT2D eigenvalue weighted by Crippen LogP contribution is -2.42. The molecule has 2 aromatic rings. The van der Waals surface area contributed by atoms with Gasteiger partial charge in [0.25, 0.3) is 5.91 Å². The smallest absolute Gasteiger partial charge is 0.256 e. The van der Waals surface area contributed by atoms with Gasteiger partial charge in [0.05, 0.1) is 6.33 Å². The number of aryl methyl sites for hydroxylation is 1. The average molecular weight is 313 g/mol. The molecular formula is C18H23N3O2. The Morgan fingerprint density at radius 2 is 1.96 bits per heavy atom. The van der Waals surface area contributed by atoms with Crippen molar-refractivity contribution in [1.82, 2.24) is 14.5 Å². The molecule has 2 heterocycles. The van der Waals surface area contributed by atoms with E-state index in [1.807, 2.05) is 47.8 Å². The minimum Gasteiger partial charge on any atom is -0.367 e. The number of amides is 1. The van der Waals surface area contributed by atoms with E-state index in [0.29, 0.717) is 6.04 Å². The number of piperidine rings is 1. The molecule has 0 bridgehead atoms. The Labute approximate surface area is 136 Å². The number of carbonyl (C=O) groups is 1. The Hall–Kier alpha value is -2.14. The second-order valence-electron chi connectivity index (χ2n) is 6.03. The van der Waals surface area contributed by atoms with Crippen LogP contribution >= 0.6 is 0 Å². The van der Waals surface area contributed by atoms with Crippen molar-refractivity contribution in [3.8, 4) is 0 Å². The highest BCUT2D eigenvalue weighted by Gasteiger charge is 2.29. The summed E-state index contributed by atoms with van der Waals surface area (Å²) in [7, 11) is 1.59. The summed E-state index contributed by atoms with van der Waals surface area (Å²) in [5, 5.41) is 0. The van der Waals surface area contributed by atoms with E-state index in [2.05, 4.69) is 16.5 Å². The van der Waals surface area contributed by atoms with Crippen molar-refractivity contribution in [1.29, 1.82) is 0 Å². The Morgan fingerprint density at radius 1 is 1.26 bits per heavy atom. The highest BCUT2D eigenvalue weighted by molar-refractivity contribution is 5.82. The number of nitrogens with zero attached hydrogens (tertiary/aromatic N) is 3. The van der Waals surface area contributed by atoms with Gasteiger partial charge in [-0.15, -0.1) is 0 Å². The SMILES string of the molecule is COC(C(=O)N1CCC(n2cncc2C)CC1)c1ccccc1. The highest BCUT2D eigenvalue weighted by Crippen LogP contribution is 2.27. The zero-order chi connectivity index (χ0) is 16.2. The van der Waals surface area contributed by atoms with Gasteiger partial charge in [0.15, 0.2) is 6.10 Å². The van der Waals surface area contributed by atoms with Gasteiger partial charge >= 0.3 is 0 Å². The van der Waals surface area contributed by atoms with Crippen LogP contribution in [0.15, 0.2) is 42.9 Å². The van der Waals surface area contributed by atoms with Crippen LogP contribution in [0.2, 0.25) is 0 Å². The second-order valence-corrected chi connectivity index (χ2v) is 6.03. The first kappa shape index (κ1) is 15.7. The second kappa shape index (κ2) is 6.96. The van der Waals surface area contributed by atoms with E-state index in [1.54, 1.807) is 7.11 Å². The van der Waals surface area contributed by atoms with Crippen LogP contribution < -0.4 is 0 Å². The summed E-state index contributed by atoms with van der Waals surface area (Å²) in [5.74, 6) is 0.0551. The number of methoxy groups -OCH3 is 1. The number of hydrogen-bond donors (Lipinski definition) is 0. The fourth-order valence-corrected chi connectivity index (χ4v) is 3.29. The average Bonchev–Trinajstić information content (AvgIpc) is 3.02. The maximum Gasteiger partial charge on any atom is 0.256 e. The van der Waals surface area contributed by atoms with Gasteiger partial charge in [0, 0.05) is 38.1 Å². The third-order valence-corrected chi connectivity index (χ3v) is 4.59. The first-order chi connectivity index (χ1) is 11.2. The first-order valence-corrected chi connectivity index (χ1v) is 8.05. The Bertz CT molecular complexity index is 645. The summed E-state index contributed by atoms with van der Waals surface area (Å²) in [6.07, 6.45) is 5.16. The molecule has 0 N–H and O–H groups in total. The molecule has 5 nitrogen and oxygen atoms in total. The lowest BCUT2D eigenvalue weighted by molar-refractivity contribution is -0.143. The van der Waals surface area contributed by atoms with Crippen molar-refractivity contribution in [2.75, 3.05) is 20.2 Å². The fourth-order valence-electron chi connectivity index (χ4n) is 3.29. The zero-order valence-electron chi connectivity index (χ0n) is 13.7. The van der Waals surface area contributed by atoms with Crippen LogP contribution in [-0.2, 0) is 9.53 Å². The maximum atomic E-state index is 12.8. The van der Waals surface area contributed by atoms with Crippen molar-refractivity contribution in [2.24, 2.45) is 0 Å². The molecule has 1 aliphatic rings. The highest BCUT2D eigenvalue weighted by atomic mass is 16.5.